The van der Waals surface area contributed by atoms with Crippen molar-refractivity contribution in [3.8, 4) is 0 Å². The number of hydrogen-bond donors (Lipinski definition) is 1. The molecule has 1 aliphatic rings. The van der Waals surface area contributed by atoms with Crippen LogP contribution in [0.3, 0.4) is 0 Å². The number of nitro groups is 1. The van der Waals surface area contributed by atoms with Crippen molar-refractivity contribution in [1.82, 2.24) is 4.98 Å². The van der Waals surface area contributed by atoms with Gasteiger partial charge in [0, 0.05) is 30.4 Å². The fourth-order valence-electron chi connectivity index (χ4n) is 3.62. The smallest absolute Gasteiger partial charge is 0.345 e. The van der Waals surface area contributed by atoms with E-state index < -0.39 is 22.4 Å². The summed E-state index contributed by atoms with van der Waals surface area (Å²) >= 11 is 6.28. The van der Waals surface area contributed by atoms with Gasteiger partial charge < -0.3 is 19.7 Å². The van der Waals surface area contributed by atoms with Gasteiger partial charge in [0.1, 0.15) is 22.6 Å². The van der Waals surface area contributed by atoms with Gasteiger partial charge in [0.05, 0.1) is 36.0 Å². The molecular weight excluding hydrogens is 443 g/mol. The third-order valence-corrected chi connectivity index (χ3v) is 5.44. The number of hydrogen-bond acceptors (Lipinski definition) is 8. The van der Waals surface area contributed by atoms with Gasteiger partial charge in [-0.3, -0.25) is 15.1 Å². The number of fused-ring (bicyclic) bond motifs is 1. The number of pyridine rings is 1. The lowest BCUT2D eigenvalue weighted by Gasteiger charge is -2.29. The number of carbonyl (C=O) groups is 1. The Morgan fingerprint density at radius 1 is 1.28 bits per heavy atom. The van der Waals surface area contributed by atoms with Crippen LogP contribution in [0.4, 0.5) is 27.1 Å². The lowest BCUT2D eigenvalue weighted by atomic mass is 10.1. The SMILES string of the molecule is COC(=O)c1cc(N2CCOCC2)cc(Nc2ccnc3c(F)ccc(Cl)c23)c1[N+](=O)[O-]. The number of carbonyl (C=O) groups excluding carboxylic acids is 1. The molecule has 4 rings (SSSR count). The topological polar surface area (TPSA) is 107 Å². The maximum absolute atomic E-state index is 14.3. The van der Waals surface area contributed by atoms with E-state index in [1.807, 2.05) is 4.90 Å². The Morgan fingerprint density at radius 2 is 2.03 bits per heavy atom. The third kappa shape index (κ3) is 4.02. The highest BCUT2D eigenvalue weighted by Crippen LogP contribution is 2.39. The first kappa shape index (κ1) is 21.7. The molecule has 0 bridgehead atoms. The molecule has 9 nitrogen and oxygen atoms in total. The van der Waals surface area contributed by atoms with E-state index in [2.05, 4.69) is 10.3 Å². The fourth-order valence-corrected chi connectivity index (χ4v) is 3.88. The summed E-state index contributed by atoms with van der Waals surface area (Å²) in [5.41, 5.74) is 0.260. The molecule has 2 heterocycles. The summed E-state index contributed by atoms with van der Waals surface area (Å²) in [4.78, 5) is 29.7. The maximum atomic E-state index is 14.3. The van der Waals surface area contributed by atoms with E-state index in [0.717, 1.165) is 7.11 Å². The van der Waals surface area contributed by atoms with Crippen LogP contribution in [0.1, 0.15) is 10.4 Å². The number of nitrogens with zero attached hydrogens (tertiary/aromatic N) is 3. The number of anilines is 3. The molecule has 166 valence electrons. The molecule has 1 aliphatic heterocycles. The Hall–Kier alpha value is -3.50. The summed E-state index contributed by atoms with van der Waals surface area (Å²) < 4.78 is 24.4. The quantitative estimate of drug-likeness (QED) is 0.341. The first-order valence-corrected chi connectivity index (χ1v) is 10.0. The van der Waals surface area contributed by atoms with Crippen molar-refractivity contribution in [2.24, 2.45) is 0 Å². The van der Waals surface area contributed by atoms with Crippen molar-refractivity contribution < 1.29 is 23.6 Å². The molecule has 0 radical (unpaired) electrons. The second-order valence-corrected chi connectivity index (χ2v) is 7.38. The van der Waals surface area contributed by atoms with Gasteiger partial charge in [-0.25, -0.2) is 9.18 Å². The van der Waals surface area contributed by atoms with Crippen LogP contribution in [0.5, 0.6) is 0 Å². The first-order chi connectivity index (χ1) is 15.4. The molecule has 1 saturated heterocycles. The molecule has 3 aromatic rings. The molecule has 0 atom stereocenters. The van der Waals surface area contributed by atoms with Gasteiger partial charge in [0.15, 0.2) is 0 Å². The molecule has 0 spiro atoms. The summed E-state index contributed by atoms with van der Waals surface area (Å²) in [6.07, 6.45) is 1.36. The minimum absolute atomic E-state index is 0.0164. The minimum Gasteiger partial charge on any atom is -0.465 e. The van der Waals surface area contributed by atoms with E-state index in [9.17, 15) is 19.3 Å². The highest BCUT2D eigenvalue weighted by Gasteiger charge is 2.29. The molecule has 0 aliphatic carbocycles. The number of nitrogens with one attached hydrogen (secondary N) is 1. The normalized spacial score (nSPS) is 13.8. The van der Waals surface area contributed by atoms with Gasteiger partial charge >= 0.3 is 11.7 Å². The van der Waals surface area contributed by atoms with Crippen molar-refractivity contribution in [1.29, 1.82) is 0 Å². The largest absolute Gasteiger partial charge is 0.465 e. The van der Waals surface area contributed by atoms with Gasteiger partial charge in [-0.1, -0.05) is 11.6 Å². The van der Waals surface area contributed by atoms with Gasteiger partial charge in [-0.2, -0.15) is 0 Å². The van der Waals surface area contributed by atoms with E-state index in [4.69, 9.17) is 21.1 Å². The van der Waals surface area contributed by atoms with Crippen LogP contribution in [0, 0.1) is 15.9 Å². The van der Waals surface area contributed by atoms with Gasteiger partial charge in [-0.05, 0) is 30.3 Å². The summed E-state index contributed by atoms with van der Waals surface area (Å²) in [5.74, 6) is -1.43. The second kappa shape index (κ2) is 8.93. The van der Waals surface area contributed by atoms with Crippen molar-refractivity contribution in [3.63, 3.8) is 0 Å². The number of aromatic nitrogens is 1. The molecule has 11 heteroatoms. The summed E-state index contributed by atoms with van der Waals surface area (Å²) in [7, 11) is 1.15. The van der Waals surface area contributed by atoms with Gasteiger partial charge in [-0.15, -0.1) is 0 Å². The number of benzene rings is 2. The van der Waals surface area contributed by atoms with Crippen molar-refractivity contribution in [3.05, 3.63) is 63.0 Å². The predicted octanol–water partition coefficient (Wildman–Crippen LogP) is 4.30. The zero-order valence-electron chi connectivity index (χ0n) is 16.9. The first-order valence-electron chi connectivity index (χ1n) is 9.64. The predicted molar refractivity (Wildman–Crippen MR) is 117 cm³/mol. The van der Waals surface area contributed by atoms with Gasteiger partial charge in [0.25, 0.3) is 0 Å². The summed E-state index contributed by atoms with van der Waals surface area (Å²) in [6, 6.07) is 7.09. The van der Waals surface area contributed by atoms with Crippen LogP contribution in [0.25, 0.3) is 10.9 Å². The average Bonchev–Trinajstić information content (AvgIpc) is 2.81. The summed E-state index contributed by atoms with van der Waals surface area (Å²) in [5, 5.41) is 15.4. The number of halogens is 2. The fraction of sp³-hybridized carbons (Fsp3) is 0.238. The number of ether oxygens (including phenoxy) is 2. The Morgan fingerprint density at radius 3 is 2.72 bits per heavy atom. The highest BCUT2D eigenvalue weighted by molar-refractivity contribution is 6.36. The second-order valence-electron chi connectivity index (χ2n) is 6.97. The maximum Gasteiger partial charge on any atom is 0.345 e. The third-order valence-electron chi connectivity index (χ3n) is 5.12. The van der Waals surface area contributed by atoms with E-state index in [1.54, 1.807) is 6.07 Å². The minimum atomic E-state index is -0.849. The molecule has 32 heavy (non-hydrogen) atoms. The van der Waals surface area contributed by atoms with Crippen LogP contribution in [0.2, 0.25) is 5.02 Å². The van der Waals surface area contributed by atoms with E-state index in [0.29, 0.717) is 37.7 Å². The molecule has 2 aromatic carbocycles. The Labute approximate surface area is 186 Å². The molecule has 1 N–H and O–H groups in total. The number of nitro benzene ring substituents is 1. The molecule has 0 unspecified atom stereocenters. The van der Waals surface area contributed by atoms with Crippen LogP contribution < -0.4 is 10.2 Å². The van der Waals surface area contributed by atoms with Crippen molar-refractivity contribution >= 4 is 51.2 Å². The number of methoxy groups -OCH3 is 1. The molecule has 1 aromatic heterocycles. The van der Waals surface area contributed by atoms with Crippen LogP contribution in [0.15, 0.2) is 36.5 Å². The zero-order chi connectivity index (χ0) is 22.8. The van der Waals surface area contributed by atoms with Crippen LogP contribution in [-0.2, 0) is 9.47 Å². The lowest BCUT2D eigenvalue weighted by Crippen LogP contribution is -2.36. The average molecular weight is 461 g/mol. The van der Waals surface area contributed by atoms with E-state index in [-0.39, 0.29) is 27.2 Å². The molecule has 1 fully saturated rings. The van der Waals surface area contributed by atoms with Crippen molar-refractivity contribution in [2.75, 3.05) is 43.6 Å². The van der Waals surface area contributed by atoms with Crippen LogP contribution in [-0.4, -0.2) is 49.3 Å². The van der Waals surface area contributed by atoms with E-state index >= 15 is 0 Å². The summed E-state index contributed by atoms with van der Waals surface area (Å²) in [6.45, 7) is 2.06. The standard InChI is InChI=1S/C21H18ClFN4O5/c1-31-21(28)13-10-12(26-6-8-32-9-7-26)11-17(20(13)27(29)30)25-16-4-5-24-19-15(23)3-2-14(22)18(16)19/h2-5,10-11H,6-9H2,1H3,(H,24,25). The molecule has 0 amide bonds. The number of morpholine rings is 1. The number of rotatable bonds is 5. The Kier molecular flexibility index (Phi) is 6.06. The highest BCUT2D eigenvalue weighted by atomic mass is 35.5. The van der Waals surface area contributed by atoms with E-state index in [1.165, 1.54) is 30.5 Å². The van der Waals surface area contributed by atoms with Crippen molar-refractivity contribution in [2.45, 2.75) is 0 Å². The monoisotopic (exact) mass is 460 g/mol. The Bertz CT molecular complexity index is 1220. The Balaban J connectivity index is 1.91. The van der Waals surface area contributed by atoms with Gasteiger partial charge in [0.2, 0.25) is 0 Å². The number of esters is 1. The molecule has 0 saturated carbocycles. The molecular formula is C21H18ClFN4O5. The zero-order valence-corrected chi connectivity index (χ0v) is 17.7. The van der Waals surface area contributed by atoms with Crippen LogP contribution >= 0.6 is 11.6 Å². The lowest BCUT2D eigenvalue weighted by molar-refractivity contribution is -0.384.